The Bertz CT molecular complexity index is 768. The van der Waals surface area contributed by atoms with Gasteiger partial charge in [-0.3, -0.25) is 14.5 Å². The molecule has 1 amide bonds. The van der Waals surface area contributed by atoms with Gasteiger partial charge in [0.05, 0.1) is 11.9 Å². The molecule has 100 valence electrons. The van der Waals surface area contributed by atoms with E-state index in [2.05, 4.69) is 15.4 Å². The molecule has 3 rings (SSSR count). The van der Waals surface area contributed by atoms with Crippen molar-refractivity contribution in [1.29, 1.82) is 0 Å². The van der Waals surface area contributed by atoms with Gasteiger partial charge < -0.3 is 11.1 Å². The lowest BCUT2D eigenvalue weighted by molar-refractivity contribution is 0.101. The van der Waals surface area contributed by atoms with Crippen LogP contribution < -0.4 is 11.1 Å². The number of fused-ring (bicyclic) bond motifs is 1. The number of hydrogen-bond donors (Lipinski definition) is 2. The number of aromatic nitrogens is 3. The standard InChI is InChI=1S/C14H13N5O/c1-19-13(11(15)8-17-19)14(20)18-12-4-2-3-9-7-16-6-5-10(9)12/h2-8H,15H2,1H3,(H,18,20). The van der Waals surface area contributed by atoms with Crippen molar-refractivity contribution in [2.75, 3.05) is 11.1 Å². The summed E-state index contributed by atoms with van der Waals surface area (Å²) in [5.74, 6) is -0.285. The SMILES string of the molecule is Cn1ncc(N)c1C(=O)Nc1cccc2cnccc12. The van der Waals surface area contributed by atoms with Gasteiger partial charge in [-0.2, -0.15) is 5.10 Å². The molecule has 0 saturated heterocycles. The Kier molecular flexibility index (Phi) is 2.83. The van der Waals surface area contributed by atoms with Gasteiger partial charge in [-0.15, -0.1) is 0 Å². The third kappa shape index (κ3) is 1.97. The molecule has 0 radical (unpaired) electrons. The molecule has 3 N–H and O–H groups in total. The lowest BCUT2D eigenvalue weighted by Crippen LogP contribution is -2.17. The van der Waals surface area contributed by atoms with Crippen LogP contribution in [0.4, 0.5) is 11.4 Å². The van der Waals surface area contributed by atoms with Gasteiger partial charge in [-0.25, -0.2) is 0 Å². The molecule has 2 heterocycles. The van der Waals surface area contributed by atoms with Gasteiger partial charge in [0.15, 0.2) is 0 Å². The van der Waals surface area contributed by atoms with Crippen LogP contribution in [0.1, 0.15) is 10.5 Å². The van der Waals surface area contributed by atoms with E-state index < -0.39 is 0 Å². The molecular weight excluding hydrogens is 254 g/mol. The fourth-order valence-corrected chi connectivity index (χ4v) is 2.15. The number of aryl methyl sites for hydroxylation is 1. The molecule has 2 aromatic heterocycles. The Morgan fingerprint density at radius 1 is 1.30 bits per heavy atom. The molecule has 0 bridgehead atoms. The predicted molar refractivity (Wildman–Crippen MR) is 77.3 cm³/mol. The van der Waals surface area contributed by atoms with Gasteiger partial charge in [0.2, 0.25) is 0 Å². The number of nitrogens with one attached hydrogen (secondary N) is 1. The second-order valence-corrected chi connectivity index (χ2v) is 4.43. The average molecular weight is 267 g/mol. The van der Waals surface area contributed by atoms with Crippen LogP contribution in [0.15, 0.2) is 42.9 Å². The summed E-state index contributed by atoms with van der Waals surface area (Å²) in [6.07, 6.45) is 4.90. The highest BCUT2D eigenvalue weighted by molar-refractivity contribution is 6.10. The lowest BCUT2D eigenvalue weighted by Gasteiger charge is -2.09. The van der Waals surface area contributed by atoms with Crippen molar-refractivity contribution >= 4 is 28.1 Å². The third-order valence-corrected chi connectivity index (χ3v) is 3.11. The van der Waals surface area contributed by atoms with Crippen molar-refractivity contribution in [2.45, 2.75) is 0 Å². The minimum Gasteiger partial charge on any atom is -0.396 e. The van der Waals surface area contributed by atoms with E-state index in [0.29, 0.717) is 11.4 Å². The van der Waals surface area contributed by atoms with Gasteiger partial charge in [-0.1, -0.05) is 12.1 Å². The molecule has 0 aliphatic rings. The number of amides is 1. The average Bonchev–Trinajstić information content (AvgIpc) is 2.78. The van der Waals surface area contributed by atoms with Crippen LogP contribution in [-0.2, 0) is 7.05 Å². The minimum atomic E-state index is -0.285. The fraction of sp³-hybridized carbons (Fsp3) is 0.0714. The number of nitrogens with two attached hydrogens (primary N) is 1. The maximum atomic E-state index is 12.3. The zero-order valence-electron chi connectivity index (χ0n) is 10.9. The molecule has 0 aliphatic heterocycles. The molecule has 0 atom stereocenters. The van der Waals surface area contributed by atoms with E-state index >= 15 is 0 Å². The molecular formula is C14H13N5O. The van der Waals surface area contributed by atoms with Crippen LogP contribution in [0.2, 0.25) is 0 Å². The topological polar surface area (TPSA) is 85.8 Å². The molecule has 20 heavy (non-hydrogen) atoms. The van der Waals surface area contributed by atoms with E-state index in [0.717, 1.165) is 16.5 Å². The lowest BCUT2D eigenvalue weighted by atomic mass is 10.1. The Morgan fingerprint density at radius 2 is 2.15 bits per heavy atom. The van der Waals surface area contributed by atoms with Gasteiger partial charge in [0, 0.05) is 35.9 Å². The third-order valence-electron chi connectivity index (χ3n) is 3.11. The van der Waals surface area contributed by atoms with Gasteiger partial charge in [-0.05, 0) is 12.1 Å². The van der Waals surface area contributed by atoms with E-state index in [9.17, 15) is 4.79 Å². The van der Waals surface area contributed by atoms with Gasteiger partial charge in [0.25, 0.3) is 5.91 Å². The summed E-state index contributed by atoms with van der Waals surface area (Å²) in [6, 6.07) is 7.51. The van der Waals surface area contributed by atoms with Crippen LogP contribution >= 0.6 is 0 Å². The van der Waals surface area contributed by atoms with Crippen molar-refractivity contribution in [2.24, 2.45) is 7.05 Å². The number of rotatable bonds is 2. The quantitative estimate of drug-likeness (QED) is 0.741. The van der Waals surface area contributed by atoms with Crippen molar-refractivity contribution in [3.63, 3.8) is 0 Å². The number of carbonyl (C=O) groups excluding carboxylic acids is 1. The monoisotopic (exact) mass is 267 g/mol. The zero-order valence-corrected chi connectivity index (χ0v) is 10.9. The van der Waals surface area contributed by atoms with Gasteiger partial charge >= 0.3 is 0 Å². The molecule has 0 unspecified atom stereocenters. The van der Waals surface area contributed by atoms with Crippen molar-refractivity contribution in [1.82, 2.24) is 14.8 Å². The molecule has 0 aliphatic carbocycles. The van der Waals surface area contributed by atoms with Crippen molar-refractivity contribution in [3.05, 3.63) is 48.5 Å². The molecule has 0 fully saturated rings. The molecule has 1 aromatic carbocycles. The number of nitrogen functional groups attached to an aromatic ring is 1. The second kappa shape index (κ2) is 4.65. The number of benzene rings is 1. The summed E-state index contributed by atoms with van der Waals surface area (Å²) in [6.45, 7) is 0. The van der Waals surface area contributed by atoms with Gasteiger partial charge in [0.1, 0.15) is 5.69 Å². The summed E-state index contributed by atoms with van der Waals surface area (Å²) in [7, 11) is 1.68. The highest BCUT2D eigenvalue weighted by Gasteiger charge is 2.15. The normalized spacial score (nSPS) is 10.7. The zero-order chi connectivity index (χ0) is 14.1. The number of carbonyl (C=O) groups is 1. The summed E-state index contributed by atoms with van der Waals surface area (Å²) in [5.41, 5.74) is 7.17. The molecule has 6 heteroatoms. The largest absolute Gasteiger partial charge is 0.396 e. The number of pyridine rings is 1. The van der Waals surface area contributed by atoms with Crippen LogP contribution in [0.5, 0.6) is 0 Å². The summed E-state index contributed by atoms with van der Waals surface area (Å²) in [5, 5.41) is 8.71. The summed E-state index contributed by atoms with van der Waals surface area (Å²) < 4.78 is 1.46. The van der Waals surface area contributed by atoms with E-state index in [-0.39, 0.29) is 5.91 Å². The van der Waals surface area contributed by atoms with E-state index in [1.807, 2.05) is 24.3 Å². The van der Waals surface area contributed by atoms with Crippen LogP contribution in [0.25, 0.3) is 10.8 Å². The first-order chi connectivity index (χ1) is 9.66. The van der Waals surface area contributed by atoms with Crippen LogP contribution in [-0.4, -0.2) is 20.7 Å². The first-order valence-electron chi connectivity index (χ1n) is 6.08. The first kappa shape index (κ1) is 12.2. The van der Waals surface area contributed by atoms with Crippen molar-refractivity contribution in [3.8, 4) is 0 Å². The highest BCUT2D eigenvalue weighted by atomic mass is 16.2. The Morgan fingerprint density at radius 3 is 2.90 bits per heavy atom. The van der Waals surface area contributed by atoms with Crippen LogP contribution in [0.3, 0.4) is 0 Å². The Hall–Kier alpha value is -2.89. The molecule has 3 aromatic rings. The summed E-state index contributed by atoms with van der Waals surface area (Å²) >= 11 is 0. The summed E-state index contributed by atoms with van der Waals surface area (Å²) in [4.78, 5) is 16.4. The first-order valence-corrected chi connectivity index (χ1v) is 6.08. The maximum absolute atomic E-state index is 12.3. The molecule has 0 spiro atoms. The maximum Gasteiger partial charge on any atom is 0.276 e. The molecule has 6 nitrogen and oxygen atoms in total. The predicted octanol–water partition coefficient (Wildman–Crippen LogP) is 1.80. The van der Waals surface area contributed by atoms with Crippen molar-refractivity contribution < 1.29 is 4.79 Å². The number of hydrogen-bond acceptors (Lipinski definition) is 4. The fourth-order valence-electron chi connectivity index (χ4n) is 2.15. The smallest absolute Gasteiger partial charge is 0.276 e. The number of anilines is 2. The Balaban J connectivity index is 2.00. The number of nitrogens with zero attached hydrogens (tertiary/aromatic N) is 3. The Labute approximate surface area is 115 Å². The molecule has 0 saturated carbocycles. The highest BCUT2D eigenvalue weighted by Crippen LogP contribution is 2.23. The van der Waals surface area contributed by atoms with E-state index in [1.54, 1.807) is 19.4 Å². The van der Waals surface area contributed by atoms with E-state index in [4.69, 9.17) is 5.73 Å². The minimum absolute atomic E-state index is 0.285. The van der Waals surface area contributed by atoms with Crippen LogP contribution in [0, 0.1) is 0 Å². The second-order valence-electron chi connectivity index (χ2n) is 4.43. The van der Waals surface area contributed by atoms with E-state index in [1.165, 1.54) is 10.9 Å².